The second kappa shape index (κ2) is 13.4. The largest absolute Gasteiger partial charge is 0.493 e. The highest BCUT2D eigenvalue weighted by molar-refractivity contribution is 8.18. The third-order valence-electron chi connectivity index (χ3n) is 5.00. The predicted molar refractivity (Wildman–Crippen MR) is 140 cm³/mol. The van der Waals surface area contributed by atoms with E-state index in [4.69, 9.17) is 24.7 Å². The zero-order valence-electron chi connectivity index (χ0n) is 21.6. The van der Waals surface area contributed by atoms with Gasteiger partial charge in [0.25, 0.3) is 11.1 Å². The molecule has 0 radical (unpaired) electrons. The first kappa shape index (κ1) is 29.3. The molecule has 1 aromatic rings. The van der Waals surface area contributed by atoms with Gasteiger partial charge in [-0.25, -0.2) is 4.79 Å². The molecule has 3 amide bonds. The molecule has 12 heteroatoms. The molecule has 11 nitrogen and oxygen atoms in total. The molecule has 0 unspecified atom stereocenters. The second-order valence-electron chi connectivity index (χ2n) is 9.03. The van der Waals surface area contributed by atoms with Gasteiger partial charge < -0.3 is 34.9 Å². The quantitative estimate of drug-likeness (QED) is 0.360. The average molecular weight is 525 g/mol. The van der Waals surface area contributed by atoms with E-state index in [1.165, 1.54) is 0 Å². The third-order valence-corrected chi connectivity index (χ3v) is 5.81. The van der Waals surface area contributed by atoms with Gasteiger partial charge in [0.15, 0.2) is 11.5 Å². The molecule has 0 bridgehead atoms. The van der Waals surface area contributed by atoms with Crippen LogP contribution in [0.1, 0.15) is 32.8 Å². The van der Waals surface area contributed by atoms with Crippen LogP contribution in [-0.4, -0.2) is 76.5 Å². The number of ether oxygens (including phenoxy) is 4. The summed E-state index contributed by atoms with van der Waals surface area (Å²) >= 11 is 0.890. The van der Waals surface area contributed by atoms with Crippen molar-refractivity contribution in [3.05, 3.63) is 22.6 Å². The number of hydrogen-bond donors (Lipinski definition) is 3. The highest BCUT2D eigenvalue weighted by Crippen LogP contribution is 2.38. The molecule has 3 rings (SSSR count). The van der Waals surface area contributed by atoms with Gasteiger partial charge in [-0.1, -0.05) is 0 Å². The van der Waals surface area contributed by atoms with Crippen molar-refractivity contribution in [1.29, 1.82) is 0 Å². The molecule has 2 fully saturated rings. The number of methoxy groups -OCH3 is 3. The number of amides is 3. The van der Waals surface area contributed by atoms with Gasteiger partial charge in [0.2, 0.25) is 0 Å². The molecule has 2 heterocycles. The molecule has 2 saturated heterocycles. The minimum Gasteiger partial charge on any atom is -0.493 e. The van der Waals surface area contributed by atoms with Crippen LogP contribution in [0.15, 0.2) is 17.0 Å². The maximum Gasteiger partial charge on any atom is 0.407 e. The first-order valence-electron chi connectivity index (χ1n) is 11.4. The second-order valence-corrected chi connectivity index (χ2v) is 10.0. The lowest BCUT2D eigenvalue weighted by Gasteiger charge is -2.22. The molecule has 1 atom stereocenters. The summed E-state index contributed by atoms with van der Waals surface area (Å²) in [4.78, 5) is 36.7. The van der Waals surface area contributed by atoms with Crippen molar-refractivity contribution in [3.8, 4) is 11.5 Å². The fraction of sp³-hybridized carbons (Fsp3) is 0.542. The van der Waals surface area contributed by atoms with Crippen LogP contribution in [-0.2, 0) is 14.3 Å². The SMILES string of the molecule is COCCNC(=O)OC(C)(C)C.COc1cc(/C=C2\SC(=O)NC2=O)c(N2CC[C@@H](N)C2)cc1OC. The van der Waals surface area contributed by atoms with Crippen molar-refractivity contribution in [1.82, 2.24) is 10.6 Å². The van der Waals surface area contributed by atoms with E-state index in [1.807, 2.05) is 32.9 Å². The summed E-state index contributed by atoms with van der Waals surface area (Å²) in [7, 11) is 4.71. The van der Waals surface area contributed by atoms with E-state index in [-0.39, 0.29) is 17.2 Å². The minimum absolute atomic E-state index is 0.115. The molecule has 1 aromatic carbocycles. The van der Waals surface area contributed by atoms with Crippen LogP contribution in [0, 0.1) is 0 Å². The van der Waals surface area contributed by atoms with E-state index in [2.05, 4.69) is 15.5 Å². The number of hydrogen-bond acceptors (Lipinski definition) is 10. The fourth-order valence-corrected chi connectivity index (χ4v) is 4.08. The predicted octanol–water partition coefficient (Wildman–Crippen LogP) is 2.72. The van der Waals surface area contributed by atoms with E-state index in [1.54, 1.807) is 27.4 Å². The van der Waals surface area contributed by atoms with Crippen molar-refractivity contribution in [3.63, 3.8) is 0 Å². The average Bonchev–Trinajstić information content (AvgIpc) is 3.36. The number of thioether (sulfide) groups is 1. The van der Waals surface area contributed by atoms with Crippen LogP contribution >= 0.6 is 11.8 Å². The number of rotatable bonds is 7. The van der Waals surface area contributed by atoms with Gasteiger partial charge in [0, 0.05) is 50.1 Å². The lowest BCUT2D eigenvalue weighted by atomic mass is 10.1. The summed E-state index contributed by atoms with van der Waals surface area (Å²) in [6.07, 6.45) is 2.20. The van der Waals surface area contributed by atoms with E-state index < -0.39 is 11.7 Å². The Morgan fingerprint density at radius 2 is 1.89 bits per heavy atom. The molecule has 0 aromatic heterocycles. The van der Waals surface area contributed by atoms with Gasteiger partial charge in [-0.3, -0.25) is 14.9 Å². The Kier molecular flexibility index (Phi) is 10.9. The number of alkyl carbamates (subject to hydrolysis) is 1. The Labute approximate surface area is 216 Å². The summed E-state index contributed by atoms with van der Waals surface area (Å²) < 4.78 is 20.5. The van der Waals surface area contributed by atoms with Crippen molar-refractivity contribution >= 4 is 40.8 Å². The number of imide groups is 1. The van der Waals surface area contributed by atoms with E-state index in [0.29, 0.717) is 29.6 Å². The zero-order valence-corrected chi connectivity index (χ0v) is 22.5. The van der Waals surface area contributed by atoms with Gasteiger partial charge in [0.05, 0.1) is 25.7 Å². The van der Waals surface area contributed by atoms with Crippen molar-refractivity contribution in [2.45, 2.75) is 38.8 Å². The molecule has 0 saturated carbocycles. The van der Waals surface area contributed by atoms with Gasteiger partial charge in [-0.2, -0.15) is 0 Å². The van der Waals surface area contributed by atoms with Crippen LogP contribution in [0.2, 0.25) is 0 Å². The third kappa shape index (κ3) is 8.92. The van der Waals surface area contributed by atoms with Crippen molar-refractivity contribution in [2.24, 2.45) is 5.73 Å². The summed E-state index contributed by atoms with van der Waals surface area (Å²) in [6, 6.07) is 3.80. The van der Waals surface area contributed by atoms with E-state index >= 15 is 0 Å². The Hall–Kier alpha value is -2.96. The molecule has 2 aliphatic heterocycles. The smallest absolute Gasteiger partial charge is 0.407 e. The number of nitrogens with two attached hydrogens (primary N) is 1. The van der Waals surface area contributed by atoms with Gasteiger partial charge in [-0.15, -0.1) is 0 Å². The maximum absolute atomic E-state index is 11.8. The summed E-state index contributed by atoms with van der Waals surface area (Å²) in [5.74, 6) is 0.782. The first-order chi connectivity index (χ1) is 17.0. The molecule has 0 spiro atoms. The number of anilines is 1. The van der Waals surface area contributed by atoms with Crippen LogP contribution < -0.4 is 30.7 Å². The molecule has 2 aliphatic rings. The molecule has 4 N–H and O–H groups in total. The number of carbonyl (C=O) groups excluding carboxylic acids is 3. The monoisotopic (exact) mass is 524 g/mol. The molecule has 200 valence electrons. The van der Waals surface area contributed by atoms with Crippen LogP contribution in [0.3, 0.4) is 0 Å². The standard InChI is InChI=1S/C16H19N3O4S.C8H17NO3/c1-22-12-5-9(6-14-15(20)18-16(21)24-14)11(7-13(12)23-2)19-4-3-10(17)8-19;1-8(2,3)12-7(10)9-5-6-11-4/h5-7,10H,3-4,8,17H2,1-2H3,(H,18,20,21);5-6H2,1-4H3,(H,9,10)/b14-6-;/t10-;/m1./s1. The summed E-state index contributed by atoms with van der Waals surface area (Å²) in [5.41, 5.74) is 7.27. The van der Waals surface area contributed by atoms with Crippen LogP contribution in [0.5, 0.6) is 11.5 Å². The number of nitrogens with zero attached hydrogens (tertiary/aromatic N) is 1. The van der Waals surface area contributed by atoms with Crippen molar-refractivity contribution in [2.75, 3.05) is 52.5 Å². The van der Waals surface area contributed by atoms with E-state index in [0.717, 1.165) is 42.5 Å². The Bertz CT molecular complexity index is 978. The minimum atomic E-state index is -0.433. The van der Waals surface area contributed by atoms with E-state index in [9.17, 15) is 14.4 Å². The number of benzene rings is 1. The Morgan fingerprint density at radius 1 is 1.22 bits per heavy atom. The van der Waals surface area contributed by atoms with Gasteiger partial charge in [0.1, 0.15) is 5.60 Å². The summed E-state index contributed by atoms with van der Waals surface area (Å²) in [5, 5.41) is 4.45. The maximum atomic E-state index is 11.8. The van der Waals surface area contributed by atoms with Crippen LogP contribution in [0.25, 0.3) is 6.08 Å². The lowest BCUT2D eigenvalue weighted by molar-refractivity contribution is -0.115. The molecular formula is C24H36N4O7S. The fourth-order valence-electron chi connectivity index (χ4n) is 3.41. The highest BCUT2D eigenvalue weighted by Gasteiger charge is 2.27. The zero-order chi connectivity index (χ0) is 26.9. The van der Waals surface area contributed by atoms with Crippen molar-refractivity contribution < 1.29 is 33.3 Å². The summed E-state index contributed by atoms with van der Waals surface area (Å²) in [6.45, 7) is 7.99. The van der Waals surface area contributed by atoms with Crippen LogP contribution in [0.4, 0.5) is 15.3 Å². The number of nitrogens with one attached hydrogen (secondary N) is 2. The normalized spacial score (nSPS) is 18.5. The Morgan fingerprint density at radius 3 is 2.39 bits per heavy atom. The lowest BCUT2D eigenvalue weighted by Crippen LogP contribution is -2.34. The highest BCUT2D eigenvalue weighted by atomic mass is 32.2. The molecular weight excluding hydrogens is 488 g/mol. The first-order valence-corrected chi connectivity index (χ1v) is 12.3. The van der Waals surface area contributed by atoms with Gasteiger partial charge >= 0.3 is 6.09 Å². The number of carbonyl (C=O) groups is 3. The Balaban J connectivity index is 0.000000324. The molecule has 0 aliphatic carbocycles. The molecule has 36 heavy (non-hydrogen) atoms. The topological polar surface area (TPSA) is 141 Å². The van der Waals surface area contributed by atoms with Gasteiger partial charge in [-0.05, 0) is 51.1 Å².